The van der Waals surface area contributed by atoms with E-state index >= 15 is 0 Å². The van der Waals surface area contributed by atoms with E-state index < -0.39 is 0 Å². The molecule has 2 aromatic rings. The summed E-state index contributed by atoms with van der Waals surface area (Å²) in [6.45, 7) is 1.93. The molecule has 3 atom stereocenters. The van der Waals surface area contributed by atoms with Gasteiger partial charge in [0.05, 0.1) is 4.47 Å². The third kappa shape index (κ3) is 2.26. The second-order valence-electron chi connectivity index (χ2n) is 6.11. The van der Waals surface area contributed by atoms with Crippen molar-refractivity contribution in [2.45, 2.75) is 38.1 Å². The van der Waals surface area contributed by atoms with Gasteiger partial charge in [-0.25, -0.2) is 9.97 Å². The number of nitrogens with zero attached hydrogens (tertiary/aromatic N) is 2. The fraction of sp³-hybridized carbons (Fsp3) is 0.412. The summed E-state index contributed by atoms with van der Waals surface area (Å²) in [4.78, 5) is 8.71. The average Bonchev–Trinajstić information content (AvgIpc) is 2.47. The van der Waals surface area contributed by atoms with Crippen molar-refractivity contribution in [2.75, 3.05) is 5.32 Å². The number of rotatable bonds is 2. The zero-order chi connectivity index (χ0) is 14.4. The highest BCUT2D eigenvalue weighted by molar-refractivity contribution is 9.10. The summed E-state index contributed by atoms with van der Waals surface area (Å²) in [5, 5.41) is 3.62. The van der Waals surface area contributed by atoms with Gasteiger partial charge in [-0.05, 0) is 65.1 Å². The third-order valence-electron chi connectivity index (χ3n) is 4.93. The highest BCUT2D eigenvalue weighted by Gasteiger charge is 2.44. The van der Waals surface area contributed by atoms with Crippen molar-refractivity contribution in [1.82, 2.24) is 9.97 Å². The van der Waals surface area contributed by atoms with Crippen LogP contribution in [0.1, 0.15) is 35.7 Å². The van der Waals surface area contributed by atoms with Gasteiger partial charge in [0.25, 0.3) is 0 Å². The molecule has 0 radical (unpaired) electrons. The molecule has 1 fully saturated rings. The molecule has 1 aromatic carbocycles. The van der Waals surface area contributed by atoms with Crippen molar-refractivity contribution < 1.29 is 0 Å². The van der Waals surface area contributed by atoms with Gasteiger partial charge in [-0.15, -0.1) is 0 Å². The fourth-order valence-corrected chi connectivity index (χ4v) is 4.12. The van der Waals surface area contributed by atoms with Crippen LogP contribution in [0.25, 0.3) is 0 Å². The Balaban J connectivity index is 1.53. The van der Waals surface area contributed by atoms with E-state index in [9.17, 15) is 0 Å². The first kappa shape index (κ1) is 13.3. The predicted octanol–water partition coefficient (Wildman–Crippen LogP) is 4.08. The lowest BCUT2D eigenvalue weighted by Crippen LogP contribution is -2.47. The normalized spacial score (nSPS) is 26.5. The van der Waals surface area contributed by atoms with Crippen LogP contribution in [0.15, 0.2) is 34.9 Å². The van der Waals surface area contributed by atoms with Crippen molar-refractivity contribution in [3.8, 4) is 0 Å². The number of halogens is 1. The molecular weight excluding hydrogens is 326 g/mol. The Hall–Kier alpha value is -1.42. The summed E-state index contributed by atoms with van der Waals surface area (Å²) in [6.07, 6.45) is 5.52. The first-order chi connectivity index (χ1) is 10.2. The molecule has 1 heterocycles. The lowest BCUT2D eigenvalue weighted by molar-refractivity contribution is 0.194. The standard InChI is InChI=1S/C17H18BrN3/c1-10-19-9-15(18)17(20-10)21-16-8-14-12-5-3-2-4-11(12)6-7-13(14)16/h2-5,9,13-14,16H,6-8H2,1H3,(H,19,20,21). The SMILES string of the molecule is Cc1ncc(Br)c(NC2CC3c4ccccc4CCC23)n1. The highest BCUT2D eigenvalue weighted by atomic mass is 79.9. The molecule has 1 aromatic heterocycles. The first-order valence-electron chi connectivity index (χ1n) is 7.56. The van der Waals surface area contributed by atoms with Gasteiger partial charge in [0.15, 0.2) is 0 Å². The van der Waals surface area contributed by atoms with Gasteiger partial charge in [0.2, 0.25) is 0 Å². The molecule has 0 spiro atoms. The number of benzene rings is 1. The quantitative estimate of drug-likeness (QED) is 0.892. The first-order valence-corrected chi connectivity index (χ1v) is 8.35. The number of aromatic nitrogens is 2. The maximum atomic E-state index is 4.51. The molecule has 3 unspecified atom stereocenters. The number of anilines is 1. The molecule has 1 saturated carbocycles. The Bertz CT molecular complexity index is 685. The molecule has 0 amide bonds. The smallest absolute Gasteiger partial charge is 0.144 e. The van der Waals surface area contributed by atoms with E-state index in [1.165, 1.54) is 19.3 Å². The van der Waals surface area contributed by atoms with Gasteiger partial charge in [0.1, 0.15) is 11.6 Å². The summed E-state index contributed by atoms with van der Waals surface area (Å²) in [5.41, 5.74) is 3.13. The second-order valence-corrected chi connectivity index (χ2v) is 6.96. The average molecular weight is 344 g/mol. The molecule has 21 heavy (non-hydrogen) atoms. The monoisotopic (exact) mass is 343 g/mol. The van der Waals surface area contributed by atoms with Crippen LogP contribution in [-0.2, 0) is 6.42 Å². The number of fused-ring (bicyclic) bond motifs is 3. The van der Waals surface area contributed by atoms with E-state index in [4.69, 9.17) is 0 Å². The molecule has 4 heteroatoms. The lowest BCUT2D eigenvalue weighted by Gasteiger charge is -2.49. The molecule has 108 valence electrons. The van der Waals surface area contributed by atoms with E-state index in [1.807, 2.05) is 13.1 Å². The van der Waals surface area contributed by atoms with Crippen LogP contribution in [0.4, 0.5) is 5.82 Å². The van der Waals surface area contributed by atoms with Crippen LogP contribution in [-0.4, -0.2) is 16.0 Å². The maximum Gasteiger partial charge on any atom is 0.144 e. The Kier molecular flexibility index (Phi) is 3.21. The lowest BCUT2D eigenvalue weighted by atomic mass is 9.60. The number of nitrogens with one attached hydrogen (secondary N) is 1. The Labute approximate surface area is 133 Å². The largest absolute Gasteiger partial charge is 0.366 e. The van der Waals surface area contributed by atoms with E-state index in [-0.39, 0.29) is 0 Å². The summed E-state index contributed by atoms with van der Waals surface area (Å²) in [5.74, 6) is 3.21. The van der Waals surface area contributed by atoms with Gasteiger partial charge in [-0.1, -0.05) is 24.3 Å². The van der Waals surface area contributed by atoms with Crippen LogP contribution in [0.5, 0.6) is 0 Å². The van der Waals surface area contributed by atoms with Crippen molar-refractivity contribution >= 4 is 21.7 Å². The van der Waals surface area contributed by atoms with Crippen molar-refractivity contribution in [3.05, 3.63) is 51.9 Å². The molecule has 1 N–H and O–H groups in total. The summed E-state index contributed by atoms with van der Waals surface area (Å²) in [7, 11) is 0. The molecule has 0 aliphatic heterocycles. The maximum absolute atomic E-state index is 4.51. The van der Waals surface area contributed by atoms with Gasteiger partial charge in [0, 0.05) is 12.2 Å². The minimum absolute atomic E-state index is 0.536. The van der Waals surface area contributed by atoms with E-state index in [0.717, 1.165) is 28.0 Å². The van der Waals surface area contributed by atoms with E-state index in [0.29, 0.717) is 6.04 Å². The van der Waals surface area contributed by atoms with Crippen LogP contribution in [0, 0.1) is 12.8 Å². The fourth-order valence-electron chi connectivity index (χ4n) is 3.81. The molecular formula is C17H18BrN3. The van der Waals surface area contributed by atoms with Crippen LogP contribution < -0.4 is 5.32 Å². The van der Waals surface area contributed by atoms with Crippen LogP contribution in [0.3, 0.4) is 0 Å². The molecule has 4 rings (SSSR count). The Morgan fingerprint density at radius 3 is 3.05 bits per heavy atom. The van der Waals surface area contributed by atoms with E-state index in [2.05, 4.69) is 55.5 Å². The van der Waals surface area contributed by atoms with Crippen molar-refractivity contribution in [2.24, 2.45) is 5.92 Å². The minimum atomic E-state index is 0.536. The Morgan fingerprint density at radius 2 is 2.14 bits per heavy atom. The predicted molar refractivity (Wildman–Crippen MR) is 87.5 cm³/mol. The van der Waals surface area contributed by atoms with Gasteiger partial charge >= 0.3 is 0 Å². The highest BCUT2D eigenvalue weighted by Crippen LogP contribution is 2.50. The minimum Gasteiger partial charge on any atom is -0.366 e. The number of hydrogen-bond acceptors (Lipinski definition) is 3. The van der Waals surface area contributed by atoms with Gasteiger partial charge < -0.3 is 5.32 Å². The topological polar surface area (TPSA) is 37.8 Å². The van der Waals surface area contributed by atoms with E-state index in [1.54, 1.807) is 11.1 Å². The zero-order valence-corrected chi connectivity index (χ0v) is 13.6. The number of aryl methyl sites for hydroxylation is 2. The Morgan fingerprint density at radius 1 is 1.29 bits per heavy atom. The summed E-state index contributed by atoms with van der Waals surface area (Å²) in [6, 6.07) is 9.47. The van der Waals surface area contributed by atoms with Crippen LogP contribution >= 0.6 is 15.9 Å². The zero-order valence-electron chi connectivity index (χ0n) is 12.0. The van der Waals surface area contributed by atoms with Crippen molar-refractivity contribution in [1.29, 1.82) is 0 Å². The molecule has 2 aliphatic carbocycles. The van der Waals surface area contributed by atoms with Gasteiger partial charge in [-0.2, -0.15) is 0 Å². The number of hydrogen-bond donors (Lipinski definition) is 1. The molecule has 3 nitrogen and oxygen atoms in total. The molecule has 2 aliphatic rings. The van der Waals surface area contributed by atoms with Crippen molar-refractivity contribution in [3.63, 3.8) is 0 Å². The molecule has 0 bridgehead atoms. The second kappa shape index (κ2) is 5.09. The summed E-state index contributed by atoms with van der Waals surface area (Å²) >= 11 is 3.54. The molecule has 0 saturated heterocycles. The van der Waals surface area contributed by atoms with Crippen LogP contribution in [0.2, 0.25) is 0 Å². The summed E-state index contributed by atoms with van der Waals surface area (Å²) < 4.78 is 0.952. The van der Waals surface area contributed by atoms with Gasteiger partial charge in [-0.3, -0.25) is 0 Å². The third-order valence-corrected chi connectivity index (χ3v) is 5.51.